The Morgan fingerprint density at radius 3 is 1.35 bits per heavy atom. The highest BCUT2D eigenvalue weighted by Gasteiger charge is 2.27. The molecule has 0 aliphatic rings. The minimum absolute atomic E-state index is 0.0478. The molecule has 3 N–H and O–H groups in total. The van der Waals surface area contributed by atoms with E-state index in [0.29, 0.717) is 17.4 Å². The number of allylic oxidation sites excluding steroid dienone is 15. The largest absolute Gasteiger partial charge is 0.472 e. The third-order valence-corrected chi connectivity index (χ3v) is 12.8. The SMILES string of the molecule is CC/C=C\C/C=C\C/C=C\C/C=C\C/C=C\C/C=C\CCCCCCCCC(=O)NC(COP(=O)(O)OCC[N+](C)(C)C)C(O)/C=C/CC/C=C/CCCCCCCCCCCCCCCCC. The van der Waals surface area contributed by atoms with E-state index in [0.717, 1.165) is 89.9 Å². The van der Waals surface area contributed by atoms with E-state index in [1.165, 1.54) is 109 Å². The maximum atomic E-state index is 13.0. The molecule has 0 aromatic heterocycles. The Morgan fingerprint density at radius 2 is 0.897 bits per heavy atom. The van der Waals surface area contributed by atoms with E-state index in [9.17, 15) is 19.4 Å². The Bertz CT molecular complexity index is 1420. The molecule has 0 aliphatic heterocycles. The van der Waals surface area contributed by atoms with Crippen molar-refractivity contribution in [3.8, 4) is 0 Å². The third-order valence-electron chi connectivity index (χ3n) is 11.8. The van der Waals surface area contributed by atoms with Crippen molar-refractivity contribution < 1.29 is 32.9 Å². The number of quaternary nitrogens is 1. The summed E-state index contributed by atoms with van der Waals surface area (Å²) in [6, 6.07) is -0.879. The van der Waals surface area contributed by atoms with Crippen molar-refractivity contribution in [1.29, 1.82) is 0 Å². The normalized spacial score (nSPS) is 14.8. The Labute approximate surface area is 419 Å². The van der Waals surface area contributed by atoms with Gasteiger partial charge in [0.25, 0.3) is 0 Å². The maximum absolute atomic E-state index is 13.0. The van der Waals surface area contributed by atoms with Gasteiger partial charge in [0.2, 0.25) is 5.91 Å². The van der Waals surface area contributed by atoms with Crippen LogP contribution in [-0.2, 0) is 18.4 Å². The molecule has 1 amide bonds. The first-order chi connectivity index (χ1) is 33.0. The molecule has 0 heterocycles. The van der Waals surface area contributed by atoms with Gasteiger partial charge in [-0.25, -0.2) is 4.57 Å². The number of carbonyl (C=O) groups is 1. The number of carbonyl (C=O) groups excluding carboxylic acids is 1. The van der Waals surface area contributed by atoms with Crippen LogP contribution < -0.4 is 5.32 Å². The maximum Gasteiger partial charge on any atom is 0.472 e. The van der Waals surface area contributed by atoms with Crippen LogP contribution in [0.1, 0.15) is 219 Å². The molecule has 3 unspecified atom stereocenters. The molecule has 68 heavy (non-hydrogen) atoms. The zero-order valence-corrected chi connectivity index (χ0v) is 45.5. The number of aliphatic hydroxyl groups excluding tert-OH is 1. The fraction of sp³-hybridized carbons (Fsp3) is 0.712. The standard InChI is InChI=1S/C59H105N2O6P/c1-6-8-10-12-14-16-18-20-22-24-26-28-29-30-31-33-35-37-39-41-43-45-47-49-51-53-59(63)60-57(56-67-68(64,65)66-55-54-61(3,4)5)58(62)52-50-48-46-44-42-40-38-36-34-32-27-25-23-21-19-17-15-13-11-9-7-2/h8,10,14,16,20,22,26,28,30-31,35,37,42,44,50,52,57-58,62H,6-7,9,11-13,15,17-19,21,23-25,27,29,32-34,36,38-41,43,45-49,51,53-56H2,1-5H3,(H-,60,63,64,65)/p+1/b10-8-,16-14-,22-20-,28-26-,31-30-,37-35-,44-42+,52-50+. The minimum atomic E-state index is -4.37. The summed E-state index contributed by atoms with van der Waals surface area (Å²) in [5.41, 5.74) is 0. The molecule has 0 bridgehead atoms. The number of rotatable bonds is 49. The quantitative estimate of drug-likeness (QED) is 0.0243. The molecule has 0 radical (unpaired) electrons. The first-order valence-electron chi connectivity index (χ1n) is 27.6. The highest BCUT2D eigenvalue weighted by Crippen LogP contribution is 2.43. The van der Waals surface area contributed by atoms with Crippen LogP contribution >= 0.6 is 7.82 Å². The van der Waals surface area contributed by atoms with Crippen molar-refractivity contribution in [2.75, 3.05) is 40.9 Å². The Kier molecular flexibility index (Phi) is 47.5. The first kappa shape index (κ1) is 65.4. The molecule has 392 valence electrons. The van der Waals surface area contributed by atoms with Gasteiger partial charge in [0.05, 0.1) is 39.9 Å². The zero-order chi connectivity index (χ0) is 49.9. The number of aliphatic hydroxyl groups is 1. The van der Waals surface area contributed by atoms with Crippen LogP contribution in [0.3, 0.4) is 0 Å². The number of hydrogen-bond donors (Lipinski definition) is 3. The molecular formula is C59H106N2O6P+. The number of nitrogens with zero attached hydrogens (tertiary/aromatic N) is 1. The van der Waals surface area contributed by atoms with Crippen molar-refractivity contribution >= 4 is 13.7 Å². The van der Waals surface area contributed by atoms with E-state index in [-0.39, 0.29) is 19.1 Å². The molecule has 0 aromatic carbocycles. The lowest BCUT2D eigenvalue weighted by Gasteiger charge is -2.25. The van der Waals surface area contributed by atoms with E-state index in [1.807, 2.05) is 27.2 Å². The van der Waals surface area contributed by atoms with Gasteiger partial charge in [-0.3, -0.25) is 13.8 Å². The van der Waals surface area contributed by atoms with Gasteiger partial charge >= 0.3 is 7.82 Å². The molecule has 9 heteroatoms. The Balaban J connectivity index is 4.37. The summed E-state index contributed by atoms with van der Waals surface area (Å²) in [6.07, 6.45) is 70.7. The van der Waals surface area contributed by atoms with Gasteiger partial charge in [0, 0.05) is 6.42 Å². The van der Waals surface area contributed by atoms with Crippen LogP contribution in [-0.4, -0.2) is 73.4 Å². The van der Waals surface area contributed by atoms with Crippen LogP contribution in [0.25, 0.3) is 0 Å². The molecule has 0 saturated heterocycles. The van der Waals surface area contributed by atoms with Crippen molar-refractivity contribution in [2.45, 2.75) is 231 Å². The highest BCUT2D eigenvalue weighted by molar-refractivity contribution is 7.47. The number of unbranched alkanes of at least 4 members (excludes halogenated alkanes) is 22. The number of amides is 1. The van der Waals surface area contributed by atoms with Gasteiger partial charge in [-0.15, -0.1) is 0 Å². The summed E-state index contributed by atoms with van der Waals surface area (Å²) in [7, 11) is 1.53. The highest BCUT2D eigenvalue weighted by atomic mass is 31.2. The summed E-state index contributed by atoms with van der Waals surface area (Å²) in [5, 5.41) is 13.9. The monoisotopic (exact) mass is 970 g/mol. The molecular weight excluding hydrogens is 864 g/mol. The predicted octanol–water partition coefficient (Wildman–Crippen LogP) is 16.6. The minimum Gasteiger partial charge on any atom is -0.387 e. The third kappa shape index (κ3) is 51.3. The average Bonchev–Trinajstić information content (AvgIpc) is 3.30. The van der Waals surface area contributed by atoms with Crippen molar-refractivity contribution in [2.24, 2.45) is 0 Å². The number of likely N-dealkylation sites (N-methyl/N-ethyl adjacent to an activating group) is 1. The number of hydrogen-bond acceptors (Lipinski definition) is 5. The van der Waals surface area contributed by atoms with Crippen LogP contribution in [0, 0.1) is 0 Å². The second kappa shape index (κ2) is 49.4. The van der Waals surface area contributed by atoms with Crippen molar-refractivity contribution in [3.63, 3.8) is 0 Å². The van der Waals surface area contributed by atoms with Gasteiger partial charge in [-0.05, 0) is 83.5 Å². The summed E-state index contributed by atoms with van der Waals surface area (Å²) < 4.78 is 23.7. The summed E-state index contributed by atoms with van der Waals surface area (Å²) in [4.78, 5) is 23.3. The molecule has 0 saturated carbocycles. The second-order valence-corrected chi connectivity index (χ2v) is 21.0. The zero-order valence-electron chi connectivity index (χ0n) is 44.6. The van der Waals surface area contributed by atoms with Gasteiger partial charge in [0.15, 0.2) is 0 Å². The van der Waals surface area contributed by atoms with E-state index in [2.05, 4.69) is 104 Å². The molecule has 0 rings (SSSR count). The van der Waals surface area contributed by atoms with E-state index in [1.54, 1.807) is 6.08 Å². The van der Waals surface area contributed by atoms with Crippen LogP contribution in [0.15, 0.2) is 97.2 Å². The molecule has 0 aliphatic carbocycles. The van der Waals surface area contributed by atoms with Crippen LogP contribution in [0.4, 0.5) is 0 Å². The van der Waals surface area contributed by atoms with Gasteiger partial charge in [0.1, 0.15) is 13.2 Å². The number of phosphoric ester groups is 1. The second-order valence-electron chi connectivity index (χ2n) is 19.6. The summed E-state index contributed by atoms with van der Waals surface area (Å²) >= 11 is 0. The smallest absolute Gasteiger partial charge is 0.387 e. The summed E-state index contributed by atoms with van der Waals surface area (Å²) in [6.45, 7) is 4.67. The van der Waals surface area contributed by atoms with E-state index < -0.39 is 20.0 Å². The molecule has 3 atom stereocenters. The number of phosphoric acid groups is 1. The lowest BCUT2D eigenvalue weighted by molar-refractivity contribution is -0.870. The first-order valence-corrected chi connectivity index (χ1v) is 29.1. The Hall–Kier alpha value is -2.58. The topological polar surface area (TPSA) is 105 Å². The predicted molar refractivity (Wildman–Crippen MR) is 295 cm³/mol. The molecule has 8 nitrogen and oxygen atoms in total. The van der Waals surface area contributed by atoms with Gasteiger partial charge < -0.3 is 19.8 Å². The molecule has 0 spiro atoms. The van der Waals surface area contributed by atoms with Crippen LogP contribution in [0.5, 0.6) is 0 Å². The van der Waals surface area contributed by atoms with Crippen LogP contribution in [0.2, 0.25) is 0 Å². The molecule has 0 aromatic rings. The van der Waals surface area contributed by atoms with Gasteiger partial charge in [-0.2, -0.15) is 0 Å². The van der Waals surface area contributed by atoms with Crippen molar-refractivity contribution in [1.82, 2.24) is 5.32 Å². The fourth-order valence-corrected chi connectivity index (χ4v) is 8.21. The van der Waals surface area contributed by atoms with E-state index >= 15 is 0 Å². The lowest BCUT2D eigenvalue weighted by atomic mass is 10.0. The number of nitrogens with one attached hydrogen (secondary N) is 1. The Morgan fingerprint density at radius 1 is 0.515 bits per heavy atom. The summed E-state index contributed by atoms with van der Waals surface area (Å²) in [5.74, 6) is -0.204. The molecule has 0 fully saturated rings. The lowest BCUT2D eigenvalue weighted by Crippen LogP contribution is -2.45. The van der Waals surface area contributed by atoms with Crippen molar-refractivity contribution in [3.05, 3.63) is 97.2 Å². The van der Waals surface area contributed by atoms with E-state index in [4.69, 9.17) is 9.05 Å². The average molecular weight is 970 g/mol. The van der Waals surface area contributed by atoms with Gasteiger partial charge in [-0.1, -0.05) is 227 Å². The fourth-order valence-electron chi connectivity index (χ4n) is 7.47.